The van der Waals surface area contributed by atoms with Crippen LogP contribution in [0.1, 0.15) is 29.3 Å². The molecule has 1 aromatic carbocycles. The first-order valence-electron chi connectivity index (χ1n) is 8.59. The summed E-state index contributed by atoms with van der Waals surface area (Å²) < 4.78 is 36.7. The van der Waals surface area contributed by atoms with Crippen LogP contribution in [0.4, 0.5) is 0 Å². The zero-order valence-electron chi connectivity index (χ0n) is 14.7. The van der Waals surface area contributed by atoms with Crippen LogP contribution in [-0.4, -0.2) is 68.7 Å². The topological polar surface area (TPSA) is 76.2 Å². The Labute approximate surface area is 148 Å². The van der Waals surface area contributed by atoms with Crippen molar-refractivity contribution in [3.8, 4) is 11.5 Å². The van der Waals surface area contributed by atoms with E-state index in [0.717, 1.165) is 5.56 Å². The number of benzene rings is 1. The van der Waals surface area contributed by atoms with Crippen LogP contribution in [0.5, 0.6) is 11.5 Å². The van der Waals surface area contributed by atoms with Gasteiger partial charge in [0.05, 0.1) is 5.75 Å². The molecule has 0 aliphatic carbocycles. The Balaban J connectivity index is 1.77. The first-order valence-corrected chi connectivity index (χ1v) is 10.2. The molecule has 2 heterocycles. The molecule has 0 aromatic heterocycles. The average molecular weight is 368 g/mol. The number of fused-ring (bicyclic) bond motifs is 1. The molecule has 0 atom stereocenters. The van der Waals surface area contributed by atoms with Crippen LogP contribution in [0, 0.1) is 6.92 Å². The largest absolute Gasteiger partial charge is 0.486 e. The number of amides is 1. The standard InChI is InChI=1S/C17H24N2O5S/c1-3-25(21,22)19-6-4-5-18(7-8-19)17(20)14-12-16-15(11-13(14)2)23-9-10-24-16/h11-12H,3-10H2,1-2H3. The number of ether oxygens (including phenoxy) is 2. The number of hydrogen-bond donors (Lipinski definition) is 0. The number of carbonyl (C=O) groups excluding carboxylic acids is 1. The van der Waals surface area contributed by atoms with Crippen molar-refractivity contribution < 1.29 is 22.7 Å². The molecule has 1 fully saturated rings. The van der Waals surface area contributed by atoms with Gasteiger partial charge in [0.15, 0.2) is 11.5 Å². The number of rotatable bonds is 3. The maximum atomic E-state index is 12.9. The van der Waals surface area contributed by atoms with Gasteiger partial charge >= 0.3 is 0 Å². The summed E-state index contributed by atoms with van der Waals surface area (Å²) in [5.41, 5.74) is 1.41. The molecule has 0 unspecified atom stereocenters. The molecule has 0 spiro atoms. The van der Waals surface area contributed by atoms with Crippen LogP contribution in [0.2, 0.25) is 0 Å². The summed E-state index contributed by atoms with van der Waals surface area (Å²) in [7, 11) is -3.22. The van der Waals surface area contributed by atoms with Crippen molar-refractivity contribution in [2.75, 3.05) is 45.1 Å². The third-order valence-corrected chi connectivity index (χ3v) is 6.50. The molecule has 3 rings (SSSR count). The van der Waals surface area contributed by atoms with E-state index < -0.39 is 10.0 Å². The smallest absolute Gasteiger partial charge is 0.254 e. The van der Waals surface area contributed by atoms with Crippen LogP contribution in [0.25, 0.3) is 0 Å². The summed E-state index contributed by atoms with van der Waals surface area (Å²) >= 11 is 0. The Kier molecular flexibility index (Phi) is 5.19. The Hall–Kier alpha value is -1.80. The highest BCUT2D eigenvalue weighted by Crippen LogP contribution is 2.33. The van der Waals surface area contributed by atoms with Gasteiger partial charge < -0.3 is 14.4 Å². The van der Waals surface area contributed by atoms with E-state index in [-0.39, 0.29) is 11.7 Å². The Bertz CT molecular complexity index is 763. The van der Waals surface area contributed by atoms with Crippen molar-refractivity contribution >= 4 is 15.9 Å². The molecule has 2 aliphatic heterocycles. The van der Waals surface area contributed by atoms with Crippen molar-refractivity contribution in [2.45, 2.75) is 20.3 Å². The summed E-state index contributed by atoms with van der Waals surface area (Å²) in [6, 6.07) is 3.56. The van der Waals surface area contributed by atoms with Gasteiger partial charge in [-0.05, 0) is 38.0 Å². The van der Waals surface area contributed by atoms with Crippen molar-refractivity contribution in [1.82, 2.24) is 9.21 Å². The van der Waals surface area contributed by atoms with E-state index in [0.29, 0.717) is 62.9 Å². The van der Waals surface area contributed by atoms with Gasteiger partial charge in [-0.1, -0.05) is 0 Å². The third-order valence-electron chi connectivity index (χ3n) is 4.62. The summed E-state index contributed by atoms with van der Waals surface area (Å²) in [5, 5.41) is 0. The van der Waals surface area contributed by atoms with Gasteiger partial charge in [0, 0.05) is 31.7 Å². The van der Waals surface area contributed by atoms with Gasteiger partial charge in [0.25, 0.3) is 5.91 Å². The predicted octanol–water partition coefficient (Wildman–Crippen LogP) is 1.26. The molecule has 8 heteroatoms. The molecule has 7 nitrogen and oxygen atoms in total. The minimum absolute atomic E-state index is 0.0855. The number of nitrogens with zero attached hydrogens (tertiary/aromatic N) is 2. The number of aryl methyl sites for hydroxylation is 1. The number of carbonyl (C=O) groups is 1. The summed E-state index contributed by atoms with van der Waals surface area (Å²) in [5.74, 6) is 1.24. The van der Waals surface area contributed by atoms with Crippen molar-refractivity contribution in [2.24, 2.45) is 0 Å². The minimum atomic E-state index is -3.22. The Morgan fingerprint density at radius 1 is 1.08 bits per heavy atom. The van der Waals surface area contributed by atoms with Crippen LogP contribution in [0.3, 0.4) is 0 Å². The van der Waals surface area contributed by atoms with Gasteiger partial charge in [0.1, 0.15) is 13.2 Å². The predicted molar refractivity (Wildman–Crippen MR) is 93.7 cm³/mol. The van der Waals surface area contributed by atoms with E-state index in [1.165, 1.54) is 4.31 Å². The van der Waals surface area contributed by atoms with E-state index in [4.69, 9.17) is 9.47 Å². The molecule has 0 saturated carbocycles. The Morgan fingerprint density at radius 2 is 1.76 bits per heavy atom. The maximum absolute atomic E-state index is 12.9. The normalized spacial score (nSPS) is 18.7. The molecule has 1 aromatic rings. The summed E-state index contributed by atoms with van der Waals surface area (Å²) in [6.45, 7) is 6.23. The Morgan fingerprint density at radius 3 is 2.44 bits per heavy atom. The van der Waals surface area contributed by atoms with Gasteiger partial charge in [-0.25, -0.2) is 12.7 Å². The van der Waals surface area contributed by atoms with E-state index in [2.05, 4.69) is 0 Å². The maximum Gasteiger partial charge on any atom is 0.254 e. The second-order valence-electron chi connectivity index (χ2n) is 6.26. The van der Waals surface area contributed by atoms with Crippen LogP contribution < -0.4 is 9.47 Å². The summed E-state index contributed by atoms with van der Waals surface area (Å²) in [4.78, 5) is 14.7. The van der Waals surface area contributed by atoms with Gasteiger partial charge in [-0.15, -0.1) is 0 Å². The highest BCUT2D eigenvalue weighted by molar-refractivity contribution is 7.89. The van der Waals surface area contributed by atoms with E-state index in [1.807, 2.05) is 13.0 Å². The zero-order chi connectivity index (χ0) is 18.0. The van der Waals surface area contributed by atoms with Crippen LogP contribution in [0.15, 0.2) is 12.1 Å². The lowest BCUT2D eigenvalue weighted by Crippen LogP contribution is -2.38. The van der Waals surface area contributed by atoms with Gasteiger partial charge in [0.2, 0.25) is 10.0 Å². The first kappa shape index (κ1) is 18.0. The monoisotopic (exact) mass is 368 g/mol. The molecular formula is C17H24N2O5S. The molecule has 1 saturated heterocycles. The SMILES string of the molecule is CCS(=O)(=O)N1CCCN(C(=O)c2cc3c(cc2C)OCCO3)CC1. The zero-order valence-corrected chi connectivity index (χ0v) is 15.5. The van der Waals surface area contributed by atoms with Crippen molar-refractivity contribution in [3.05, 3.63) is 23.3 Å². The van der Waals surface area contributed by atoms with E-state index in [9.17, 15) is 13.2 Å². The van der Waals surface area contributed by atoms with Crippen LogP contribution in [-0.2, 0) is 10.0 Å². The summed E-state index contributed by atoms with van der Waals surface area (Å²) in [6.07, 6.45) is 0.634. The quantitative estimate of drug-likeness (QED) is 0.803. The van der Waals surface area contributed by atoms with Crippen molar-refractivity contribution in [3.63, 3.8) is 0 Å². The first-order chi connectivity index (χ1) is 11.9. The molecule has 1 amide bonds. The highest BCUT2D eigenvalue weighted by Gasteiger charge is 2.27. The number of sulfonamides is 1. The fourth-order valence-corrected chi connectivity index (χ4v) is 4.28. The lowest BCUT2D eigenvalue weighted by molar-refractivity contribution is 0.0762. The fraction of sp³-hybridized carbons (Fsp3) is 0.588. The molecule has 2 aliphatic rings. The molecule has 138 valence electrons. The third kappa shape index (κ3) is 3.74. The molecule has 0 N–H and O–H groups in total. The van der Waals surface area contributed by atoms with E-state index in [1.54, 1.807) is 17.9 Å². The second kappa shape index (κ2) is 7.21. The molecule has 0 radical (unpaired) electrons. The molecule has 0 bridgehead atoms. The highest BCUT2D eigenvalue weighted by atomic mass is 32.2. The van der Waals surface area contributed by atoms with E-state index >= 15 is 0 Å². The van der Waals surface area contributed by atoms with Gasteiger partial charge in [-0.2, -0.15) is 0 Å². The van der Waals surface area contributed by atoms with Gasteiger partial charge in [-0.3, -0.25) is 4.79 Å². The van der Waals surface area contributed by atoms with Crippen LogP contribution >= 0.6 is 0 Å². The molecule has 25 heavy (non-hydrogen) atoms. The minimum Gasteiger partial charge on any atom is -0.486 e. The second-order valence-corrected chi connectivity index (χ2v) is 8.51. The lowest BCUT2D eigenvalue weighted by atomic mass is 10.1. The fourth-order valence-electron chi connectivity index (χ4n) is 3.15. The van der Waals surface area contributed by atoms with Crippen molar-refractivity contribution in [1.29, 1.82) is 0 Å². The number of hydrogen-bond acceptors (Lipinski definition) is 5. The lowest BCUT2D eigenvalue weighted by Gasteiger charge is -2.24. The average Bonchev–Trinajstić information content (AvgIpc) is 2.87. The molecular weight excluding hydrogens is 344 g/mol.